The lowest BCUT2D eigenvalue weighted by Gasteiger charge is -2.37. The number of anilines is 1. The number of nitrogens with two attached hydrogens (primary N) is 1. The van der Waals surface area contributed by atoms with Crippen LogP contribution in [-0.2, 0) is 0 Å². The van der Waals surface area contributed by atoms with Crippen molar-refractivity contribution in [3.8, 4) is 5.75 Å². The molecule has 1 unspecified atom stereocenters. The number of rotatable bonds is 5. The van der Waals surface area contributed by atoms with E-state index in [1.54, 1.807) is 7.11 Å². The number of hydrogen-bond acceptors (Lipinski definition) is 6. The molecule has 0 bridgehead atoms. The van der Waals surface area contributed by atoms with Crippen molar-refractivity contribution in [2.24, 2.45) is 5.73 Å². The number of nitrogens with one attached hydrogen (secondary N) is 3. The first-order valence-corrected chi connectivity index (χ1v) is 8.53. The Kier molecular flexibility index (Phi) is 5.18. The van der Waals surface area contributed by atoms with E-state index in [1.807, 2.05) is 43.1 Å². The molecule has 5 N–H and O–H groups in total. The number of nitrogens with zero attached hydrogens (tertiary/aromatic N) is 1. The monoisotopic (exact) mass is 369 g/mol. The molecule has 0 aliphatic carbocycles. The number of hydrogen-bond donors (Lipinski definition) is 4. The Balaban J connectivity index is 2.03. The van der Waals surface area contributed by atoms with Gasteiger partial charge in [0.15, 0.2) is 0 Å². The number of benzene rings is 1. The largest absolute Gasteiger partial charge is 0.497 e. The van der Waals surface area contributed by atoms with E-state index >= 15 is 0 Å². The molecule has 2 heterocycles. The molecular weight excluding hydrogens is 346 g/mol. The van der Waals surface area contributed by atoms with Crippen LogP contribution in [0.3, 0.4) is 0 Å². The molecule has 0 radical (unpaired) electrons. The molecule has 0 spiro atoms. The third-order valence-electron chi connectivity index (χ3n) is 4.62. The zero-order valence-electron chi connectivity index (χ0n) is 15.5. The lowest BCUT2D eigenvalue weighted by atomic mass is 9.92. The van der Waals surface area contributed by atoms with Crippen LogP contribution in [0.2, 0.25) is 0 Å². The summed E-state index contributed by atoms with van der Waals surface area (Å²) in [7, 11) is 3.55. The first kappa shape index (κ1) is 18.5. The van der Waals surface area contributed by atoms with Gasteiger partial charge in [0.05, 0.1) is 13.2 Å². The SMILES string of the molecule is COc1cccc(C2=CC(C)=C(Nc3c[nH]c(=O)[nH]c3=O)N(C)C2CN)c1. The fourth-order valence-corrected chi connectivity index (χ4v) is 3.22. The molecule has 1 aromatic carbocycles. The fraction of sp³-hybridized carbons (Fsp3) is 0.263. The molecule has 3 rings (SSSR count). The van der Waals surface area contributed by atoms with Crippen molar-refractivity contribution in [2.45, 2.75) is 13.0 Å². The van der Waals surface area contributed by atoms with Gasteiger partial charge >= 0.3 is 5.69 Å². The van der Waals surface area contributed by atoms with Gasteiger partial charge in [0.25, 0.3) is 5.56 Å². The van der Waals surface area contributed by atoms with E-state index in [9.17, 15) is 9.59 Å². The average Bonchev–Trinajstić information content (AvgIpc) is 2.66. The van der Waals surface area contributed by atoms with Crippen molar-refractivity contribution in [1.82, 2.24) is 14.9 Å². The van der Waals surface area contributed by atoms with Gasteiger partial charge in [0, 0.05) is 19.8 Å². The minimum absolute atomic E-state index is 0.0925. The van der Waals surface area contributed by atoms with E-state index in [-0.39, 0.29) is 11.7 Å². The van der Waals surface area contributed by atoms with Gasteiger partial charge in [0.1, 0.15) is 17.3 Å². The van der Waals surface area contributed by atoms with E-state index in [4.69, 9.17) is 10.5 Å². The van der Waals surface area contributed by atoms with E-state index in [0.717, 1.165) is 28.3 Å². The fourth-order valence-electron chi connectivity index (χ4n) is 3.22. The highest BCUT2D eigenvalue weighted by Crippen LogP contribution is 2.32. The Hall–Kier alpha value is -3.26. The molecule has 0 amide bonds. The maximum Gasteiger partial charge on any atom is 0.325 e. The molecular formula is C19H23N5O3. The summed E-state index contributed by atoms with van der Waals surface area (Å²) in [5.41, 5.74) is 8.31. The maximum absolute atomic E-state index is 12.0. The van der Waals surface area contributed by atoms with E-state index in [1.165, 1.54) is 6.20 Å². The molecule has 1 aliphatic rings. The third-order valence-corrected chi connectivity index (χ3v) is 4.62. The van der Waals surface area contributed by atoms with Crippen molar-refractivity contribution >= 4 is 11.3 Å². The van der Waals surface area contributed by atoms with Crippen LogP contribution >= 0.6 is 0 Å². The van der Waals surface area contributed by atoms with Crippen molar-refractivity contribution in [1.29, 1.82) is 0 Å². The smallest absolute Gasteiger partial charge is 0.325 e. The predicted molar refractivity (Wildman–Crippen MR) is 106 cm³/mol. The number of ether oxygens (including phenoxy) is 1. The molecule has 1 atom stereocenters. The van der Waals surface area contributed by atoms with Crippen LogP contribution < -0.4 is 27.0 Å². The lowest BCUT2D eigenvalue weighted by molar-refractivity contribution is 0.362. The van der Waals surface area contributed by atoms with Crippen LogP contribution in [0.1, 0.15) is 12.5 Å². The van der Waals surface area contributed by atoms with Gasteiger partial charge in [-0.15, -0.1) is 0 Å². The summed E-state index contributed by atoms with van der Waals surface area (Å²) < 4.78 is 5.33. The number of H-pyrrole nitrogens is 2. The Morgan fingerprint density at radius 2 is 2.11 bits per heavy atom. The molecule has 0 fully saturated rings. The number of aromatic amines is 2. The maximum atomic E-state index is 12.0. The minimum Gasteiger partial charge on any atom is -0.497 e. The zero-order valence-corrected chi connectivity index (χ0v) is 15.5. The Bertz CT molecular complexity index is 1020. The normalized spacial score (nSPS) is 17.0. The standard InChI is InChI=1S/C19H23N5O3/c1-11-7-14(12-5-4-6-13(8-12)27-3)16(9-20)24(2)17(11)22-15-10-21-19(26)23-18(15)25/h4-8,10,16,22H,9,20H2,1-3H3,(H2,21,23,25,26). The molecule has 27 heavy (non-hydrogen) atoms. The summed E-state index contributed by atoms with van der Waals surface area (Å²) in [6.45, 7) is 2.34. The molecule has 0 saturated heterocycles. The number of likely N-dealkylation sites (N-methyl/N-ethyl adjacent to an activating group) is 1. The second kappa shape index (κ2) is 7.55. The lowest BCUT2D eigenvalue weighted by Crippen LogP contribution is -2.43. The summed E-state index contributed by atoms with van der Waals surface area (Å²) in [5.74, 6) is 1.52. The number of aromatic nitrogens is 2. The summed E-state index contributed by atoms with van der Waals surface area (Å²) >= 11 is 0. The van der Waals surface area contributed by atoms with E-state index < -0.39 is 11.2 Å². The quantitative estimate of drug-likeness (QED) is 0.627. The predicted octanol–water partition coefficient (Wildman–Crippen LogP) is 1.07. The summed E-state index contributed by atoms with van der Waals surface area (Å²) in [6, 6.07) is 7.73. The molecule has 2 aromatic rings. The van der Waals surface area contributed by atoms with Gasteiger partial charge in [-0.25, -0.2) is 4.79 Å². The van der Waals surface area contributed by atoms with Crippen LogP contribution in [0.15, 0.2) is 57.5 Å². The summed E-state index contributed by atoms with van der Waals surface area (Å²) in [5, 5.41) is 3.10. The third kappa shape index (κ3) is 3.65. The first-order valence-electron chi connectivity index (χ1n) is 8.53. The van der Waals surface area contributed by atoms with Gasteiger partial charge in [-0.3, -0.25) is 9.78 Å². The topological polar surface area (TPSA) is 116 Å². The van der Waals surface area contributed by atoms with Crippen LogP contribution in [-0.4, -0.2) is 41.6 Å². The Labute approximate surface area is 156 Å². The van der Waals surface area contributed by atoms with Crippen LogP contribution in [0.5, 0.6) is 5.75 Å². The van der Waals surface area contributed by atoms with Crippen molar-refractivity contribution in [3.63, 3.8) is 0 Å². The molecule has 8 heteroatoms. The molecule has 8 nitrogen and oxygen atoms in total. The minimum atomic E-state index is -0.548. The van der Waals surface area contributed by atoms with Gasteiger partial charge in [-0.05, 0) is 41.8 Å². The first-order chi connectivity index (χ1) is 12.9. The van der Waals surface area contributed by atoms with Crippen LogP contribution in [0.4, 0.5) is 5.69 Å². The highest BCUT2D eigenvalue weighted by atomic mass is 16.5. The summed E-state index contributed by atoms with van der Waals surface area (Å²) in [4.78, 5) is 29.9. The van der Waals surface area contributed by atoms with Gasteiger partial charge in [0.2, 0.25) is 0 Å². The van der Waals surface area contributed by atoms with Gasteiger partial charge in [-0.1, -0.05) is 12.1 Å². The highest BCUT2D eigenvalue weighted by molar-refractivity contribution is 5.75. The molecule has 1 aliphatic heterocycles. The van der Waals surface area contributed by atoms with E-state index in [0.29, 0.717) is 6.54 Å². The number of allylic oxidation sites excluding steroid dienone is 2. The molecule has 0 saturated carbocycles. The molecule has 142 valence electrons. The Morgan fingerprint density at radius 3 is 2.78 bits per heavy atom. The van der Waals surface area contributed by atoms with Crippen LogP contribution in [0.25, 0.3) is 5.57 Å². The molecule has 1 aromatic heterocycles. The van der Waals surface area contributed by atoms with Gasteiger partial charge < -0.3 is 25.7 Å². The number of methoxy groups -OCH3 is 1. The van der Waals surface area contributed by atoms with Gasteiger partial charge in [-0.2, -0.15) is 0 Å². The Morgan fingerprint density at radius 1 is 1.33 bits per heavy atom. The van der Waals surface area contributed by atoms with Crippen molar-refractivity contribution in [2.75, 3.05) is 26.0 Å². The second-order valence-corrected chi connectivity index (χ2v) is 6.34. The van der Waals surface area contributed by atoms with Crippen molar-refractivity contribution in [3.05, 3.63) is 74.3 Å². The van der Waals surface area contributed by atoms with E-state index in [2.05, 4.69) is 21.4 Å². The average molecular weight is 369 g/mol. The van der Waals surface area contributed by atoms with Crippen molar-refractivity contribution < 1.29 is 4.74 Å². The summed E-state index contributed by atoms with van der Waals surface area (Å²) in [6.07, 6.45) is 3.41. The second-order valence-electron chi connectivity index (χ2n) is 6.34. The highest BCUT2D eigenvalue weighted by Gasteiger charge is 2.27. The zero-order chi connectivity index (χ0) is 19.6. The van der Waals surface area contributed by atoms with Crippen LogP contribution in [0, 0.1) is 0 Å².